The molecule has 0 radical (unpaired) electrons. The molecule has 1 unspecified atom stereocenters. The Morgan fingerprint density at radius 2 is 1.82 bits per heavy atom. The van der Waals surface area contributed by atoms with E-state index >= 15 is 0 Å². The molecular formula is C26H25N3O5. The lowest BCUT2D eigenvalue weighted by Gasteiger charge is -2.37. The minimum absolute atomic E-state index is 0.174. The smallest absolute Gasteiger partial charge is 0.325 e. The van der Waals surface area contributed by atoms with Crippen molar-refractivity contribution in [1.82, 2.24) is 14.8 Å². The van der Waals surface area contributed by atoms with Gasteiger partial charge in [0.2, 0.25) is 0 Å². The molecule has 0 aliphatic carbocycles. The van der Waals surface area contributed by atoms with Crippen molar-refractivity contribution in [2.24, 2.45) is 0 Å². The van der Waals surface area contributed by atoms with E-state index < -0.39 is 12.0 Å². The van der Waals surface area contributed by atoms with Gasteiger partial charge in [0.05, 0.1) is 6.26 Å². The predicted octanol–water partition coefficient (Wildman–Crippen LogP) is 3.92. The number of nitrogens with zero attached hydrogens (tertiary/aromatic N) is 2. The van der Waals surface area contributed by atoms with E-state index in [1.165, 1.54) is 6.26 Å². The maximum absolute atomic E-state index is 12.5. The molecule has 8 heteroatoms. The topological polar surface area (TPSA) is 99.0 Å². The zero-order valence-corrected chi connectivity index (χ0v) is 18.5. The number of ether oxygens (including phenoxy) is 1. The fourth-order valence-corrected chi connectivity index (χ4v) is 4.41. The van der Waals surface area contributed by atoms with Crippen molar-refractivity contribution in [2.45, 2.75) is 12.6 Å². The number of carboxylic acids is 1. The Labute approximate surface area is 196 Å². The van der Waals surface area contributed by atoms with Gasteiger partial charge in [-0.2, -0.15) is 0 Å². The number of fused-ring (bicyclic) bond motifs is 1. The summed E-state index contributed by atoms with van der Waals surface area (Å²) < 4.78 is 11.1. The zero-order chi connectivity index (χ0) is 23.5. The fourth-order valence-electron chi connectivity index (χ4n) is 4.41. The minimum Gasteiger partial charge on any atom is -0.489 e. The van der Waals surface area contributed by atoms with E-state index in [2.05, 4.69) is 4.98 Å². The Balaban J connectivity index is 1.30. The number of rotatable bonds is 7. The normalized spacial score (nSPS) is 15.4. The SMILES string of the molecule is O=C(O)C(c1c[nH]c2cc(OCc3ccccc3)ccc12)N1CCN(C(=O)c2ccco2)CC1. The molecule has 34 heavy (non-hydrogen) atoms. The Morgan fingerprint density at radius 1 is 1.03 bits per heavy atom. The summed E-state index contributed by atoms with van der Waals surface area (Å²) in [7, 11) is 0. The van der Waals surface area contributed by atoms with Crippen LogP contribution in [0.1, 0.15) is 27.7 Å². The molecule has 174 valence electrons. The number of furan rings is 1. The Morgan fingerprint density at radius 3 is 2.53 bits per heavy atom. The summed E-state index contributed by atoms with van der Waals surface area (Å²) >= 11 is 0. The van der Waals surface area contributed by atoms with Gasteiger partial charge in [-0.05, 0) is 29.8 Å². The molecular weight excluding hydrogens is 434 g/mol. The molecule has 1 fully saturated rings. The number of benzene rings is 2. The molecule has 2 aromatic carbocycles. The van der Waals surface area contributed by atoms with Crippen LogP contribution in [0.2, 0.25) is 0 Å². The molecule has 0 spiro atoms. The third kappa shape index (κ3) is 4.40. The summed E-state index contributed by atoms with van der Waals surface area (Å²) in [5.74, 6) is -0.0883. The summed E-state index contributed by atoms with van der Waals surface area (Å²) in [5, 5.41) is 10.9. The van der Waals surface area contributed by atoms with Crippen molar-refractivity contribution < 1.29 is 23.8 Å². The summed E-state index contributed by atoms with van der Waals surface area (Å²) in [6, 6.07) is 18.1. The number of hydrogen-bond acceptors (Lipinski definition) is 5. The largest absolute Gasteiger partial charge is 0.489 e. The summed E-state index contributed by atoms with van der Waals surface area (Å²) in [5.41, 5.74) is 2.59. The molecule has 8 nitrogen and oxygen atoms in total. The van der Waals surface area contributed by atoms with Crippen molar-refractivity contribution in [2.75, 3.05) is 26.2 Å². The summed E-state index contributed by atoms with van der Waals surface area (Å²) in [4.78, 5) is 31.6. The number of aromatic nitrogens is 1. The third-order valence-electron chi connectivity index (χ3n) is 6.16. The molecule has 5 rings (SSSR count). The molecule has 1 saturated heterocycles. The molecule has 2 N–H and O–H groups in total. The van der Waals surface area contributed by atoms with Crippen LogP contribution in [0.15, 0.2) is 77.5 Å². The number of amides is 1. The summed E-state index contributed by atoms with van der Waals surface area (Å²) in [6.45, 7) is 2.23. The van der Waals surface area contributed by atoms with E-state index in [1.807, 2.05) is 53.4 Å². The van der Waals surface area contributed by atoms with Crippen LogP contribution in [-0.2, 0) is 11.4 Å². The van der Waals surface area contributed by atoms with Crippen molar-refractivity contribution in [1.29, 1.82) is 0 Å². The molecule has 1 aliphatic heterocycles. The van der Waals surface area contributed by atoms with E-state index in [1.54, 1.807) is 23.2 Å². The number of piperazine rings is 1. The molecule has 0 saturated carbocycles. The fraction of sp³-hybridized carbons (Fsp3) is 0.231. The first-order valence-corrected chi connectivity index (χ1v) is 11.2. The highest BCUT2D eigenvalue weighted by Gasteiger charge is 2.33. The second-order valence-corrected chi connectivity index (χ2v) is 8.27. The van der Waals surface area contributed by atoms with Crippen LogP contribution >= 0.6 is 0 Å². The first-order chi connectivity index (χ1) is 16.6. The van der Waals surface area contributed by atoms with Gasteiger partial charge in [0.1, 0.15) is 18.4 Å². The molecule has 4 aromatic rings. The van der Waals surface area contributed by atoms with Crippen LogP contribution in [0.5, 0.6) is 5.75 Å². The van der Waals surface area contributed by atoms with Gasteiger partial charge in [0.15, 0.2) is 5.76 Å². The van der Waals surface area contributed by atoms with Crippen LogP contribution in [0.3, 0.4) is 0 Å². The van der Waals surface area contributed by atoms with E-state index in [-0.39, 0.29) is 5.91 Å². The maximum Gasteiger partial charge on any atom is 0.325 e. The molecule has 3 heterocycles. The van der Waals surface area contributed by atoms with E-state index in [0.29, 0.717) is 49.9 Å². The molecule has 1 atom stereocenters. The number of carbonyl (C=O) groups excluding carboxylic acids is 1. The van der Waals surface area contributed by atoms with Crippen molar-refractivity contribution in [3.63, 3.8) is 0 Å². The number of hydrogen-bond donors (Lipinski definition) is 2. The van der Waals surface area contributed by atoms with Gasteiger partial charge in [-0.1, -0.05) is 30.3 Å². The lowest BCUT2D eigenvalue weighted by atomic mass is 10.0. The van der Waals surface area contributed by atoms with Crippen LogP contribution in [0.4, 0.5) is 0 Å². The van der Waals surface area contributed by atoms with Gasteiger partial charge < -0.3 is 24.1 Å². The highest BCUT2D eigenvalue weighted by atomic mass is 16.5. The Hall–Kier alpha value is -4.04. The molecule has 0 bridgehead atoms. The second kappa shape index (κ2) is 9.44. The van der Waals surface area contributed by atoms with Gasteiger partial charge in [-0.3, -0.25) is 14.5 Å². The third-order valence-corrected chi connectivity index (χ3v) is 6.16. The lowest BCUT2D eigenvalue weighted by Crippen LogP contribution is -2.50. The van der Waals surface area contributed by atoms with Gasteiger partial charge in [0.25, 0.3) is 5.91 Å². The summed E-state index contributed by atoms with van der Waals surface area (Å²) in [6.07, 6.45) is 3.23. The number of carbonyl (C=O) groups is 2. The lowest BCUT2D eigenvalue weighted by molar-refractivity contribution is -0.144. The number of carboxylic acid groups (broad SMARTS) is 1. The second-order valence-electron chi connectivity index (χ2n) is 8.27. The number of aromatic amines is 1. The van der Waals surface area contributed by atoms with Crippen LogP contribution in [0.25, 0.3) is 10.9 Å². The highest BCUT2D eigenvalue weighted by Crippen LogP contribution is 2.32. The van der Waals surface area contributed by atoms with Gasteiger partial charge in [0, 0.05) is 54.9 Å². The molecule has 1 amide bonds. The van der Waals surface area contributed by atoms with Crippen molar-refractivity contribution in [3.05, 3.63) is 90.0 Å². The standard InChI is InChI=1S/C26H25N3O5/c30-25(23-7-4-14-33-23)29-12-10-28(11-13-29)24(26(31)32)21-16-27-22-15-19(8-9-20(21)22)34-17-18-5-2-1-3-6-18/h1-9,14-16,24,27H,10-13,17H2,(H,31,32). The van der Waals surface area contributed by atoms with Gasteiger partial charge in [-0.15, -0.1) is 0 Å². The first-order valence-electron chi connectivity index (χ1n) is 11.2. The number of H-pyrrole nitrogens is 1. The minimum atomic E-state index is -0.920. The average molecular weight is 460 g/mol. The van der Waals surface area contributed by atoms with E-state index in [9.17, 15) is 14.7 Å². The van der Waals surface area contributed by atoms with Crippen molar-refractivity contribution in [3.8, 4) is 5.75 Å². The van der Waals surface area contributed by atoms with Crippen molar-refractivity contribution >= 4 is 22.8 Å². The van der Waals surface area contributed by atoms with E-state index in [4.69, 9.17) is 9.15 Å². The zero-order valence-electron chi connectivity index (χ0n) is 18.5. The quantitative estimate of drug-likeness (QED) is 0.435. The highest BCUT2D eigenvalue weighted by molar-refractivity contribution is 5.92. The average Bonchev–Trinajstić information content (AvgIpc) is 3.54. The van der Waals surface area contributed by atoms with E-state index in [0.717, 1.165) is 16.5 Å². The maximum atomic E-state index is 12.5. The Bertz CT molecular complexity index is 1270. The number of nitrogens with one attached hydrogen (secondary N) is 1. The molecule has 1 aliphatic rings. The van der Waals surface area contributed by atoms with Crippen LogP contribution < -0.4 is 4.74 Å². The first kappa shape index (κ1) is 21.8. The number of aliphatic carboxylic acids is 1. The van der Waals surface area contributed by atoms with Gasteiger partial charge >= 0.3 is 5.97 Å². The molecule has 2 aromatic heterocycles. The van der Waals surface area contributed by atoms with Gasteiger partial charge in [-0.25, -0.2) is 0 Å². The van der Waals surface area contributed by atoms with Crippen LogP contribution in [-0.4, -0.2) is 57.9 Å². The Kier molecular flexibility index (Phi) is 6.05. The predicted molar refractivity (Wildman–Crippen MR) is 126 cm³/mol. The van der Waals surface area contributed by atoms with Crippen LogP contribution in [0, 0.1) is 0 Å². The monoisotopic (exact) mass is 459 g/mol.